The molecular formula is C38H58O3. The van der Waals surface area contributed by atoms with Gasteiger partial charge in [-0.15, -0.1) is 0 Å². The van der Waals surface area contributed by atoms with Gasteiger partial charge in [0.25, 0.3) is 0 Å². The van der Waals surface area contributed by atoms with Crippen LogP contribution in [-0.2, 0) is 4.74 Å². The molecule has 3 nitrogen and oxygen atoms in total. The highest BCUT2D eigenvalue weighted by atomic mass is 16.5. The molecule has 41 heavy (non-hydrogen) atoms. The van der Waals surface area contributed by atoms with Crippen molar-refractivity contribution in [3.8, 4) is 5.75 Å². The van der Waals surface area contributed by atoms with E-state index in [9.17, 15) is 4.79 Å². The molecule has 0 amide bonds. The molecule has 1 unspecified atom stereocenters. The minimum Gasteiger partial charge on any atom is -0.497 e. The Morgan fingerprint density at radius 2 is 1.59 bits per heavy atom. The third kappa shape index (κ3) is 5.00. The molecule has 0 aromatic heterocycles. The third-order valence-electron chi connectivity index (χ3n) is 13.5. The van der Waals surface area contributed by atoms with E-state index >= 15 is 0 Å². The topological polar surface area (TPSA) is 35.5 Å². The van der Waals surface area contributed by atoms with Crippen LogP contribution in [-0.4, -0.2) is 19.2 Å². The second-order valence-corrected chi connectivity index (χ2v) is 16.1. The first kappa shape index (κ1) is 30.7. The Hall–Kier alpha value is -1.77. The molecule has 1 aromatic carbocycles. The van der Waals surface area contributed by atoms with E-state index in [2.05, 4.69) is 55.4 Å². The molecule has 0 saturated heterocycles. The molecule has 1 aromatic rings. The lowest BCUT2D eigenvalue weighted by Crippen LogP contribution is -2.55. The lowest BCUT2D eigenvalue weighted by atomic mass is 9.43. The fourth-order valence-electron chi connectivity index (χ4n) is 10.8. The maximum Gasteiger partial charge on any atom is 0.338 e. The minimum atomic E-state index is -0.203. The molecule has 4 aliphatic carbocycles. The molecule has 0 spiro atoms. The van der Waals surface area contributed by atoms with Gasteiger partial charge in [0, 0.05) is 5.41 Å². The summed E-state index contributed by atoms with van der Waals surface area (Å²) >= 11 is 0. The normalized spacial score (nSPS) is 36.8. The molecule has 3 heteroatoms. The summed E-state index contributed by atoms with van der Waals surface area (Å²) in [4.78, 5) is 13.2. The Morgan fingerprint density at radius 3 is 2.24 bits per heavy atom. The molecule has 0 N–H and O–H groups in total. The van der Waals surface area contributed by atoms with Crippen molar-refractivity contribution >= 4 is 5.97 Å². The number of allylic oxidation sites excluding steroid dienone is 2. The first-order valence-electron chi connectivity index (χ1n) is 16.9. The molecule has 0 heterocycles. The van der Waals surface area contributed by atoms with Crippen molar-refractivity contribution in [2.75, 3.05) is 7.11 Å². The van der Waals surface area contributed by atoms with E-state index in [1.54, 1.807) is 7.11 Å². The van der Waals surface area contributed by atoms with Gasteiger partial charge in [0.15, 0.2) is 0 Å². The molecule has 0 radical (unpaired) electrons. The summed E-state index contributed by atoms with van der Waals surface area (Å²) in [6, 6.07) is 7.32. The van der Waals surface area contributed by atoms with Crippen molar-refractivity contribution in [1.29, 1.82) is 0 Å². The zero-order valence-corrected chi connectivity index (χ0v) is 27.7. The van der Waals surface area contributed by atoms with Gasteiger partial charge in [-0.05, 0) is 116 Å². The number of fused-ring (bicyclic) bond motifs is 4. The Morgan fingerprint density at radius 1 is 0.878 bits per heavy atom. The smallest absolute Gasteiger partial charge is 0.338 e. The predicted molar refractivity (Wildman–Crippen MR) is 169 cm³/mol. The second-order valence-electron chi connectivity index (χ2n) is 16.1. The van der Waals surface area contributed by atoms with Crippen LogP contribution < -0.4 is 4.74 Å². The molecular weight excluding hydrogens is 504 g/mol. The van der Waals surface area contributed by atoms with E-state index in [0.29, 0.717) is 22.3 Å². The number of hydrogen-bond donors (Lipinski definition) is 0. The summed E-state index contributed by atoms with van der Waals surface area (Å²) < 4.78 is 11.6. The maximum atomic E-state index is 13.2. The zero-order valence-electron chi connectivity index (χ0n) is 27.7. The lowest BCUT2D eigenvalue weighted by Gasteiger charge is -2.62. The molecule has 7 atom stereocenters. The highest BCUT2D eigenvalue weighted by Gasteiger charge is 2.63. The van der Waals surface area contributed by atoms with Gasteiger partial charge in [0.05, 0.1) is 12.7 Å². The Balaban J connectivity index is 1.35. The van der Waals surface area contributed by atoms with Gasteiger partial charge in [0.2, 0.25) is 0 Å². The average Bonchev–Trinajstić information content (AvgIpc) is 3.21. The number of benzene rings is 1. The van der Waals surface area contributed by atoms with Gasteiger partial charge in [-0.3, -0.25) is 0 Å². The maximum absolute atomic E-state index is 13.2. The van der Waals surface area contributed by atoms with Crippen molar-refractivity contribution in [1.82, 2.24) is 0 Å². The SMILES string of the molecule is COc1ccc(C(=O)O[C@H]2CC[C@]3(C)C4=C(CCC3C2(C)C)[C@]2(C)CC[C@H]([C@H](C)CCCC(C)C)[C@@]2(C)CC4)cc1. The summed E-state index contributed by atoms with van der Waals surface area (Å²) in [5.74, 6) is 3.58. The van der Waals surface area contributed by atoms with E-state index in [-0.39, 0.29) is 22.9 Å². The van der Waals surface area contributed by atoms with Crippen molar-refractivity contribution in [3.05, 3.63) is 41.0 Å². The van der Waals surface area contributed by atoms with Crippen LogP contribution in [0.5, 0.6) is 5.75 Å². The van der Waals surface area contributed by atoms with Crippen LogP contribution in [0.25, 0.3) is 0 Å². The summed E-state index contributed by atoms with van der Waals surface area (Å²) in [6.07, 6.45) is 14.0. The summed E-state index contributed by atoms with van der Waals surface area (Å²) in [6.45, 7) is 20.0. The minimum absolute atomic E-state index is 0.0516. The molecule has 0 bridgehead atoms. The first-order chi connectivity index (χ1) is 19.3. The molecule has 0 aliphatic heterocycles. The average molecular weight is 563 g/mol. The Kier molecular flexibility index (Phi) is 8.27. The van der Waals surface area contributed by atoms with Crippen LogP contribution in [0.2, 0.25) is 0 Å². The van der Waals surface area contributed by atoms with Crippen molar-refractivity contribution in [3.63, 3.8) is 0 Å². The van der Waals surface area contributed by atoms with E-state index in [4.69, 9.17) is 9.47 Å². The Labute approximate surface area is 251 Å². The number of carbonyl (C=O) groups excluding carboxylic acids is 1. The van der Waals surface area contributed by atoms with Crippen LogP contribution in [0, 0.1) is 45.3 Å². The number of ether oxygens (including phenoxy) is 2. The van der Waals surface area contributed by atoms with E-state index in [0.717, 1.165) is 36.3 Å². The predicted octanol–water partition coefficient (Wildman–Crippen LogP) is 10.4. The number of carbonyl (C=O) groups is 1. The quantitative estimate of drug-likeness (QED) is 0.233. The van der Waals surface area contributed by atoms with Gasteiger partial charge >= 0.3 is 5.97 Å². The van der Waals surface area contributed by atoms with E-state index < -0.39 is 0 Å². The number of rotatable bonds is 8. The zero-order chi connectivity index (χ0) is 29.8. The van der Waals surface area contributed by atoms with Crippen LogP contribution in [0.1, 0.15) is 136 Å². The first-order valence-corrected chi connectivity index (χ1v) is 16.9. The summed E-state index contributed by atoms with van der Waals surface area (Å²) in [5, 5.41) is 0. The molecule has 4 aliphatic rings. The van der Waals surface area contributed by atoms with Gasteiger partial charge in [0.1, 0.15) is 11.9 Å². The highest BCUT2D eigenvalue weighted by Crippen LogP contribution is 2.72. The molecule has 5 rings (SSSR count). The van der Waals surface area contributed by atoms with Gasteiger partial charge in [-0.1, -0.05) is 85.8 Å². The molecule has 228 valence electrons. The summed E-state index contributed by atoms with van der Waals surface area (Å²) in [7, 11) is 1.65. The molecule has 2 saturated carbocycles. The standard InChI is InChI=1S/C38H58O3/c1-25(2)11-10-12-26(3)29-19-23-38(8)31-17-18-32-35(4,5)33(41-34(39)27-13-15-28(40-9)16-14-27)21-22-36(32,6)30(31)20-24-37(29,38)7/h13-16,25-26,29,32-33H,10-12,17-24H2,1-9H3/t26-,29-,32?,33+,36-,37-,38+/m1/s1. The van der Waals surface area contributed by atoms with Gasteiger partial charge in [-0.2, -0.15) is 0 Å². The highest BCUT2D eigenvalue weighted by molar-refractivity contribution is 5.89. The van der Waals surface area contributed by atoms with Crippen molar-refractivity contribution in [2.24, 2.45) is 45.3 Å². The third-order valence-corrected chi connectivity index (χ3v) is 13.5. The van der Waals surface area contributed by atoms with Crippen LogP contribution >= 0.6 is 0 Å². The second kappa shape index (κ2) is 11.1. The van der Waals surface area contributed by atoms with Crippen LogP contribution in [0.3, 0.4) is 0 Å². The van der Waals surface area contributed by atoms with E-state index in [1.807, 2.05) is 35.4 Å². The summed E-state index contributed by atoms with van der Waals surface area (Å²) in [5.41, 5.74) is 5.20. The van der Waals surface area contributed by atoms with Crippen molar-refractivity contribution in [2.45, 2.75) is 132 Å². The van der Waals surface area contributed by atoms with Crippen LogP contribution in [0.15, 0.2) is 35.4 Å². The fraction of sp³-hybridized carbons (Fsp3) is 0.763. The Bertz CT molecular complexity index is 1140. The van der Waals surface area contributed by atoms with Gasteiger partial charge in [-0.25, -0.2) is 4.79 Å². The van der Waals surface area contributed by atoms with Crippen LogP contribution in [0.4, 0.5) is 0 Å². The largest absolute Gasteiger partial charge is 0.497 e. The van der Waals surface area contributed by atoms with Gasteiger partial charge < -0.3 is 9.47 Å². The van der Waals surface area contributed by atoms with E-state index in [1.165, 1.54) is 57.8 Å². The number of hydrogen-bond acceptors (Lipinski definition) is 3. The fourth-order valence-corrected chi connectivity index (χ4v) is 10.8. The molecule has 2 fully saturated rings. The monoisotopic (exact) mass is 562 g/mol. The number of methoxy groups -OCH3 is 1. The lowest BCUT2D eigenvalue weighted by molar-refractivity contribution is -0.104. The number of esters is 1. The van der Waals surface area contributed by atoms with Crippen molar-refractivity contribution < 1.29 is 14.3 Å².